The number of ether oxygens (including phenoxy) is 1. The summed E-state index contributed by atoms with van der Waals surface area (Å²) in [7, 11) is 1.65. The molecular weight excluding hydrogens is 533 g/mol. The van der Waals surface area contributed by atoms with Crippen LogP contribution in [-0.2, 0) is 4.43 Å². The molecule has 0 bridgehead atoms. The highest BCUT2D eigenvalue weighted by molar-refractivity contribution is 14.1. The molecule has 1 aliphatic heterocycles. The van der Waals surface area contributed by atoms with E-state index in [0.29, 0.717) is 28.0 Å². The van der Waals surface area contributed by atoms with E-state index in [-0.39, 0.29) is 18.1 Å². The van der Waals surface area contributed by atoms with E-state index in [4.69, 9.17) is 15.6 Å². The first-order valence-electron chi connectivity index (χ1n) is 10.9. The van der Waals surface area contributed by atoms with Crippen molar-refractivity contribution in [1.29, 1.82) is 5.26 Å². The number of nitrogen functional groups attached to an aromatic ring is 1. The number of aryl methyl sites for hydroxylation is 1. The van der Waals surface area contributed by atoms with Gasteiger partial charge in [0, 0.05) is 41.1 Å². The van der Waals surface area contributed by atoms with Crippen molar-refractivity contribution in [2.75, 3.05) is 32.5 Å². The number of nitrogens with two attached hydrogens (primary N) is 1. The molecular formula is C23H28IN7O2. The average molecular weight is 561 g/mol. The summed E-state index contributed by atoms with van der Waals surface area (Å²) in [6, 6.07) is 4.28. The number of aliphatic hydroxyl groups excluding tert-OH is 1. The first kappa shape index (κ1) is 23.7. The fourth-order valence-electron chi connectivity index (χ4n) is 4.78. The Labute approximate surface area is 206 Å². The second kappa shape index (κ2) is 9.40. The van der Waals surface area contributed by atoms with Crippen LogP contribution in [0.2, 0.25) is 0 Å². The number of nitriles is 1. The molecule has 1 aromatic carbocycles. The molecule has 0 amide bonds. The van der Waals surface area contributed by atoms with Gasteiger partial charge in [0.1, 0.15) is 17.9 Å². The molecule has 2 aromatic heterocycles. The van der Waals surface area contributed by atoms with Gasteiger partial charge in [-0.2, -0.15) is 10.4 Å². The third kappa shape index (κ3) is 4.13. The van der Waals surface area contributed by atoms with Crippen LogP contribution in [0.3, 0.4) is 0 Å². The maximum Gasteiger partial charge on any atom is 0.164 e. The highest BCUT2D eigenvalue weighted by atomic mass is 127. The number of alkyl halides is 1. The molecule has 0 spiro atoms. The minimum absolute atomic E-state index is 0.163. The van der Waals surface area contributed by atoms with Crippen LogP contribution in [0.15, 0.2) is 12.4 Å². The van der Waals surface area contributed by atoms with Crippen molar-refractivity contribution in [3.8, 4) is 11.8 Å². The number of β-amino-alcohol motifs (C(OH)–C–C–N with tert-alkyl or cyclic N) is 1. The summed E-state index contributed by atoms with van der Waals surface area (Å²) >= 11 is 2.30. The monoisotopic (exact) mass is 561 g/mol. The quantitative estimate of drug-likeness (QED) is 0.333. The molecule has 0 saturated carbocycles. The summed E-state index contributed by atoms with van der Waals surface area (Å²) in [6.07, 6.45) is 1.07. The van der Waals surface area contributed by atoms with Gasteiger partial charge in [-0.05, 0) is 32.4 Å². The molecule has 2 atom stereocenters. The number of aliphatic hydroxyl groups is 1. The van der Waals surface area contributed by atoms with E-state index in [1.54, 1.807) is 14.0 Å². The van der Waals surface area contributed by atoms with E-state index in [1.165, 1.54) is 6.33 Å². The molecule has 1 aliphatic rings. The molecule has 3 N–H and O–H groups in total. The lowest BCUT2D eigenvalue weighted by Crippen LogP contribution is -2.48. The van der Waals surface area contributed by atoms with Crippen LogP contribution in [0, 0.1) is 18.3 Å². The van der Waals surface area contributed by atoms with Gasteiger partial charge in [0.05, 0.1) is 42.0 Å². The predicted molar refractivity (Wildman–Crippen MR) is 135 cm³/mol. The number of nitrogens with zero attached hydrogens (tertiary/aromatic N) is 6. The third-order valence-electron chi connectivity index (χ3n) is 6.28. The largest absolute Gasteiger partial charge is 0.496 e. The number of likely N-dealkylation sites (tertiary alicyclic amines) is 1. The number of hydrogen-bond acceptors (Lipinski definition) is 8. The van der Waals surface area contributed by atoms with Gasteiger partial charge in [0.25, 0.3) is 0 Å². The van der Waals surface area contributed by atoms with Crippen LogP contribution in [-0.4, -0.2) is 62.6 Å². The van der Waals surface area contributed by atoms with Crippen molar-refractivity contribution in [1.82, 2.24) is 24.6 Å². The standard InChI is InChI=1S/C23H28IN7O2/c1-12(32)8-30-9-16(10-30)20-18(7-25)15(6-24)5-17(21(20)33-4)14(3)31-23-19(13(2)29-31)22(26)27-11-28-23/h5,11-12,14,16,32H,6,8-10H2,1-4H3,(H2,26,27,28)/t12-,14-/m1/s1. The van der Waals surface area contributed by atoms with Crippen molar-refractivity contribution in [3.63, 3.8) is 0 Å². The van der Waals surface area contributed by atoms with Crippen LogP contribution in [0.4, 0.5) is 5.82 Å². The fourth-order valence-corrected chi connectivity index (χ4v) is 5.38. The Kier molecular flexibility index (Phi) is 6.74. The van der Waals surface area contributed by atoms with Gasteiger partial charge in [-0.3, -0.25) is 4.90 Å². The molecule has 3 aromatic rings. The number of fused-ring (bicyclic) bond motifs is 1. The van der Waals surface area contributed by atoms with Crippen molar-refractivity contribution < 1.29 is 9.84 Å². The molecule has 33 heavy (non-hydrogen) atoms. The van der Waals surface area contributed by atoms with Crippen LogP contribution in [0.5, 0.6) is 5.75 Å². The first-order chi connectivity index (χ1) is 15.8. The maximum atomic E-state index is 10.0. The molecule has 174 valence electrons. The molecule has 0 aliphatic carbocycles. The number of hydrogen-bond donors (Lipinski definition) is 2. The Morgan fingerprint density at radius 1 is 1.36 bits per heavy atom. The van der Waals surface area contributed by atoms with Crippen LogP contribution in [0.1, 0.15) is 53.8 Å². The molecule has 10 heteroatoms. The Balaban J connectivity index is 1.84. The number of aromatic nitrogens is 4. The molecule has 9 nitrogen and oxygen atoms in total. The van der Waals surface area contributed by atoms with Gasteiger partial charge in [-0.25, -0.2) is 14.6 Å². The van der Waals surface area contributed by atoms with E-state index >= 15 is 0 Å². The minimum atomic E-state index is -0.384. The van der Waals surface area contributed by atoms with E-state index in [2.05, 4.69) is 56.5 Å². The third-order valence-corrected chi connectivity index (χ3v) is 7.11. The Bertz CT molecular complexity index is 1230. The number of benzene rings is 1. The Morgan fingerprint density at radius 3 is 2.70 bits per heavy atom. The van der Waals surface area contributed by atoms with E-state index in [0.717, 1.165) is 46.6 Å². The zero-order chi connectivity index (χ0) is 23.9. The van der Waals surface area contributed by atoms with Gasteiger partial charge >= 0.3 is 0 Å². The number of methoxy groups -OCH3 is 1. The van der Waals surface area contributed by atoms with Crippen molar-refractivity contribution >= 4 is 39.4 Å². The van der Waals surface area contributed by atoms with Crippen LogP contribution < -0.4 is 10.5 Å². The SMILES string of the molecule is COc1c([C@@H](C)n2nc(C)c3c(N)ncnc32)cc(CI)c(C#N)c1C1CN(C[C@@H](C)O)C1. The zero-order valence-corrected chi connectivity index (χ0v) is 21.4. The van der Waals surface area contributed by atoms with Gasteiger partial charge in [-0.15, -0.1) is 0 Å². The van der Waals surface area contributed by atoms with E-state index in [9.17, 15) is 10.4 Å². The molecule has 1 saturated heterocycles. The summed E-state index contributed by atoms with van der Waals surface area (Å²) in [6.45, 7) is 7.92. The average Bonchev–Trinajstić information content (AvgIpc) is 3.11. The van der Waals surface area contributed by atoms with Gasteiger partial charge in [0.15, 0.2) is 5.65 Å². The molecule has 0 unspecified atom stereocenters. The van der Waals surface area contributed by atoms with Gasteiger partial charge in [0.2, 0.25) is 0 Å². The lowest BCUT2D eigenvalue weighted by atomic mass is 9.83. The van der Waals surface area contributed by atoms with Crippen molar-refractivity contribution in [2.24, 2.45) is 0 Å². The summed E-state index contributed by atoms with van der Waals surface area (Å²) in [5, 5.41) is 25.3. The van der Waals surface area contributed by atoms with E-state index in [1.807, 2.05) is 11.6 Å². The summed E-state index contributed by atoms with van der Waals surface area (Å²) in [4.78, 5) is 10.8. The fraction of sp³-hybridized carbons (Fsp3) is 0.478. The van der Waals surface area contributed by atoms with Crippen LogP contribution >= 0.6 is 22.6 Å². The number of halogens is 1. The second-order valence-electron chi connectivity index (χ2n) is 8.62. The van der Waals surface area contributed by atoms with Crippen LogP contribution in [0.25, 0.3) is 11.0 Å². The lowest BCUT2D eigenvalue weighted by molar-refractivity contribution is 0.0733. The second-order valence-corrected chi connectivity index (χ2v) is 9.38. The summed E-state index contributed by atoms with van der Waals surface area (Å²) in [5.41, 5.74) is 11.1. The normalized spacial score (nSPS) is 16.4. The number of anilines is 1. The molecule has 0 radical (unpaired) electrons. The number of rotatable bonds is 7. The lowest BCUT2D eigenvalue weighted by Gasteiger charge is -2.41. The zero-order valence-electron chi connectivity index (χ0n) is 19.2. The predicted octanol–water partition coefficient (Wildman–Crippen LogP) is 2.92. The molecule has 1 fully saturated rings. The minimum Gasteiger partial charge on any atom is -0.496 e. The first-order valence-corrected chi connectivity index (χ1v) is 12.4. The summed E-state index contributed by atoms with van der Waals surface area (Å²) in [5.74, 6) is 1.29. The van der Waals surface area contributed by atoms with Gasteiger partial charge < -0.3 is 15.6 Å². The topological polar surface area (TPSA) is 126 Å². The molecule has 3 heterocycles. The maximum absolute atomic E-state index is 10.0. The van der Waals surface area contributed by atoms with Crippen molar-refractivity contribution in [3.05, 3.63) is 40.3 Å². The Hall–Kier alpha value is -2.49. The highest BCUT2D eigenvalue weighted by Gasteiger charge is 2.35. The van der Waals surface area contributed by atoms with Crippen molar-refractivity contribution in [2.45, 2.75) is 43.3 Å². The van der Waals surface area contributed by atoms with Gasteiger partial charge in [-0.1, -0.05) is 22.6 Å². The Morgan fingerprint density at radius 2 is 2.09 bits per heavy atom. The van der Waals surface area contributed by atoms with E-state index < -0.39 is 0 Å². The smallest absolute Gasteiger partial charge is 0.164 e. The highest BCUT2D eigenvalue weighted by Crippen LogP contribution is 2.43. The molecule has 4 rings (SSSR count). The summed E-state index contributed by atoms with van der Waals surface area (Å²) < 4.78 is 8.52.